The highest BCUT2D eigenvalue weighted by molar-refractivity contribution is 5.82. The van der Waals surface area contributed by atoms with Crippen molar-refractivity contribution in [2.75, 3.05) is 6.61 Å². The van der Waals surface area contributed by atoms with Crippen molar-refractivity contribution in [2.24, 2.45) is 0 Å². The summed E-state index contributed by atoms with van der Waals surface area (Å²) in [5.74, 6) is 0.0618. The maximum atomic E-state index is 12.6. The van der Waals surface area contributed by atoms with Crippen molar-refractivity contribution in [2.45, 2.75) is 39.7 Å². The molecule has 2 aromatic carbocycles. The Morgan fingerprint density at radius 3 is 2.54 bits per heavy atom. The van der Waals surface area contributed by atoms with Crippen LogP contribution >= 0.6 is 0 Å². The van der Waals surface area contributed by atoms with Crippen molar-refractivity contribution in [3.8, 4) is 5.75 Å². The first kappa shape index (κ1) is 19.7. The monoisotopic (exact) mass is 380 g/mol. The van der Waals surface area contributed by atoms with E-state index in [1.807, 2.05) is 50.2 Å². The summed E-state index contributed by atoms with van der Waals surface area (Å²) >= 11 is 0. The van der Waals surface area contributed by atoms with Gasteiger partial charge in [-0.25, -0.2) is 9.59 Å². The maximum absolute atomic E-state index is 12.6. The van der Waals surface area contributed by atoms with E-state index in [4.69, 9.17) is 13.9 Å². The number of carbonyl (C=O) groups is 1. The van der Waals surface area contributed by atoms with Crippen molar-refractivity contribution >= 4 is 16.9 Å². The number of benzene rings is 2. The summed E-state index contributed by atoms with van der Waals surface area (Å²) in [7, 11) is 0. The molecule has 146 valence electrons. The van der Waals surface area contributed by atoms with Gasteiger partial charge in [0.15, 0.2) is 6.10 Å². The molecule has 0 aliphatic heterocycles. The fourth-order valence-corrected chi connectivity index (χ4v) is 3.15. The Morgan fingerprint density at radius 1 is 1.11 bits per heavy atom. The summed E-state index contributed by atoms with van der Waals surface area (Å²) in [4.78, 5) is 24.5. The van der Waals surface area contributed by atoms with E-state index < -0.39 is 12.1 Å². The summed E-state index contributed by atoms with van der Waals surface area (Å²) in [6, 6.07) is 15.1. The van der Waals surface area contributed by atoms with Gasteiger partial charge in [-0.3, -0.25) is 0 Å². The Hall–Kier alpha value is -3.08. The molecule has 5 nitrogen and oxygen atoms in total. The first-order valence-electron chi connectivity index (χ1n) is 9.47. The van der Waals surface area contributed by atoms with Gasteiger partial charge in [0.25, 0.3) is 0 Å². The SMILES string of the molecule is CCOC(=O)[C@@H](CC)Oc1ccc2c(C)c(Cc3ccccc3)c(=O)oc2c1. The van der Waals surface area contributed by atoms with Gasteiger partial charge in [-0.2, -0.15) is 0 Å². The molecule has 0 saturated heterocycles. The lowest BCUT2D eigenvalue weighted by atomic mass is 10.00. The minimum Gasteiger partial charge on any atom is -0.479 e. The number of fused-ring (bicyclic) bond motifs is 1. The quantitative estimate of drug-likeness (QED) is 0.449. The number of esters is 1. The zero-order chi connectivity index (χ0) is 20.1. The Morgan fingerprint density at radius 2 is 1.86 bits per heavy atom. The average molecular weight is 380 g/mol. The molecule has 5 heteroatoms. The predicted octanol–water partition coefficient (Wildman–Crippen LogP) is 4.41. The van der Waals surface area contributed by atoms with Crippen LogP contribution in [0.1, 0.15) is 37.0 Å². The predicted molar refractivity (Wildman–Crippen MR) is 108 cm³/mol. The van der Waals surface area contributed by atoms with Crippen molar-refractivity contribution in [3.05, 3.63) is 75.6 Å². The molecule has 28 heavy (non-hydrogen) atoms. The van der Waals surface area contributed by atoms with Gasteiger partial charge in [0.1, 0.15) is 11.3 Å². The molecule has 0 fully saturated rings. The van der Waals surface area contributed by atoms with Crippen LogP contribution < -0.4 is 10.4 Å². The third-order valence-electron chi connectivity index (χ3n) is 4.68. The van der Waals surface area contributed by atoms with E-state index in [1.54, 1.807) is 19.1 Å². The van der Waals surface area contributed by atoms with Crippen LogP contribution in [0, 0.1) is 6.92 Å². The van der Waals surface area contributed by atoms with E-state index in [1.165, 1.54) is 0 Å². The van der Waals surface area contributed by atoms with E-state index in [2.05, 4.69) is 0 Å². The van der Waals surface area contributed by atoms with Crippen LogP contribution in [0.15, 0.2) is 57.7 Å². The molecule has 0 aliphatic rings. The van der Waals surface area contributed by atoms with Crippen LogP contribution in [0.4, 0.5) is 0 Å². The van der Waals surface area contributed by atoms with E-state index in [0.717, 1.165) is 16.5 Å². The molecule has 0 radical (unpaired) electrons. The largest absolute Gasteiger partial charge is 0.479 e. The first-order valence-corrected chi connectivity index (χ1v) is 9.47. The molecule has 0 bridgehead atoms. The lowest BCUT2D eigenvalue weighted by Gasteiger charge is -2.16. The van der Waals surface area contributed by atoms with Gasteiger partial charge in [0.2, 0.25) is 0 Å². The van der Waals surface area contributed by atoms with Crippen LogP contribution in [0.3, 0.4) is 0 Å². The lowest BCUT2D eigenvalue weighted by molar-refractivity contribution is -0.151. The average Bonchev–Trinajstić information content (AvgIpc) is 2.70. The summed E-state index contributed by atoms with van der Waals surface area (Å²) in [6.45, 7) is 5.83. The second-order valence-corrected chi connectivity index (χ2v) is 6.58. The van der Waals surface area contributed by atoms with Crippen molar-refractivity contribution in [1.82, 2.24) is 0 Å². The van der Waals surface area contributed by atoms with Gasteiger partial charge in [-0.1, -0.05) is 37.3 Å². The van der Waals surface area contributed by atoms with Gasteiger partial charge >= 0.3 is 11.6 Å². The second-order valence-electron chi connectivity index (χ2n) is 6.58. The fourth-order valence-electron chi connectivity index (χ4n) is 3.15. The Bertz CT molecular complexity index is 1020. The highest BCUT2D eigenvalue weighted by Gasteiger charge is 2.20. The molecule has 0 saturated carbocycles. The van der Waals surface area contributed by atoms with Crippen LogP contribution in [0.5, 0.6) is 5.75 Å². The minimum atomic E-state index is -0.692. The standard InChI is InChI=1S/C23H24O5/c1-4-20(23(25)26-5-2)27-17-11-12-18-15(3)19(22(24)28-21(18)14-17)13-16-9-7-6-8-10-16/h6-12,14,20H,4-5,13H2,1-3H3/t20-/m1/s1. The third-order valence-corrected chi connectivity index (χ3v) is 4.68. The fraction of sp³-hybridized carbons (Fsp3) is 0.304. The molecule has 1 atom stereocenters. The van der Waals surface area contributed by atoms with Gasteiger partial charge in [-0.15, -0.1) is 0 Å². The maximum Gasteiger partial charge on any atom is 0.347 e. The van der Waals surface area contributed by atoms with Crippen molar-refractivity contribution in [3.63, 3.8) is 0 Å². The smallest absolute Gasteiger partial charge is 0.347 e. The number of hydrogen-bond acceptors (Lipinski definition) is 5. The summed E-state index contributed by atoms with van der Waals surface area (Å²) in [6.07, 6.45) is 0.308. The van der Waals surface area contributed by atoms with Crippen LogP contribution in [0.2, 0.25) is 0 Å². The van der Waals surface area contributed by atoms with Crippen molar-refractivity contribution in [1.29, 1.82) is 0 Å². The zero-order valence-corrected chi connectivity index (χ0v) is 16.4. The third kappa shape index (κ3) is 4.25. The number of rotatable bonds is 7. The molecule has 0 N–H and O–H groups in total. The molecule has 3 aromatic rings. The second kappa shape index (κ2) is 8.74. The van der Waals surface area contributed by atoms with Gasteiger partial charge in [0.05, 0.1) is 6.61 Å². The van der Waals surface area contributed by atoms with Crippen LogP contribution in [-0.2, 0) is 16.0 Å². The van der Waals surface area contributed by atoms with E-state index in [-0.39, 0.29) is 5.63 Å². The topological polar surface area (TPSA) is 65.7 Å². The Labute approximate surface area is 163 Å². The summed E-state index contributed by atoms with van der Waals surface area (Å²) in [5.41, 5.74) is 2.67. The van der Waals surface area contributed by atoms with Crippen LogP contribution in [-0.4, -0.2) is 18.7 Å². The molecule has 3 rings (SSSR count). The number of ether oxygens (including phenoxy) is 2. The number of aryl methyl sites for hydroxylation is 1. The normalized spacial score (nSPS) is 12.0. The molecule has 1 aromatic heterocycles. The van der Waals surface area contributed by atoms with E-state index in [9.17, 15) is 9.59 Å². The highest BCUT2D eigenvalue weighted by atomic mass is 16.6. The summed E-state index contributed by atoms with van der Waals surface area (Å²) in [5, 5.41) is 0.849. The molecule has 0 spiro atoms. The molecule has 0 unspecified atom stereocenters. The van der Waals surface area contributed by atoms with Gasteiger partial charge in [0, 0.05) is 23.4 Å². The lowest BCUT2D eigenvalue weighted by Crippen LogP contribution is -2.28. The number of hydrogen-bond donors (Lipinski definition) is 0. The Balaban J connectivity index is 1.92. The van der Waals surface area contributed by atoms with Crippen molar-refractivity contribution < 1.29 is 18.7 Å². The first-order chi connectivity index (χ1) is 13.5. The minimum absolute atomic E-state index is 0.300. The van der Waals surface area contributed by atoms with Gasteiger partial charge < -0.3 is 13.9 Å². The Kier molecular flexibility index (Phi) is 6.14. The molecule has 1 heterocycles. The number of carbonyl (C=O) groups excluding carboxylic acids is 1. The highest BCUT2D eigenvalue weighted by Crippen LogP contribution is 2.26. The van der Waals surface area contributed by atoms with Crippen LogP contribution in [0.25, 0.3) is 11.0 Å². The molecule has 0 amide bonds. The molecular weight excluding hydrogens is 356 g/mol. The van der Waals surface area contributed by atoms with E-state index in [0.29, 0.717) is 36.3 Å². The zero-order valence-electron chi connectivity index (χ0n) is 16.4. The van der Waals surface area contributed by atoms with Gasteiger partial charge in [-0.05, 0) is 43.5 Å². The summed E-state index contributed by atoms with van der Waals surface area (Å²) < 4.78 is 16.3. The molecular formula is C23H24O5. The van der Waals surface area contributed by atoms with E-state index >= 15 is 0 Å². The molecule has 0 aliphatic carbocycles.